The van der Waals surface area contributed by atoms with E-state index >= 15 is 4.79 Å². The lowest BCUT2D eigenvalue weighted by atomic mass is 9.79. The maximum atomic E-state index is 15.0. The summed E-state index contributed by atoms with van der Waals surface area (Å²) >= 11 is 0. The van der Waals surface area contributed by atoms with Crippen molar-refractivity contribution in [2.24, 2.45) is 0 Å². The van der Waals surface area contributed by atoms with Gasteiger partial charge in [-0.3, -0.25) is 19.4 Å². The van der Waals surface area contributed by atoms with Crippen LogP contribution in [0.1, 0.15) is 191 Å². The van der Waals surface area contributed by atoms with Crippen LogP contribution in [0, 0.1) is 54.0 Å². The number of alkyl carbamates (subject to hydrolysis) is 2. The van der Waals surface area contributed by atoms with Gasteiger partial charge in [-0.25, -0.2) is 55.5 Å². The Kier molecular flexibility index (Phi) is 37.7. The van der Waals surface area contributed by atoms with Gasteiger partial charge in [0.2, 0.25) is 0 Å². The number of amides is 2. The highest BCUT2D eigenvalue weighted by Gasteiger charge is 2.56. The topological polar surface area (TPSA) is 288 Å². The number of nitrogens with zero attached hydrogens (tertiary/aromatic N) is 8. The first-order valence-electron chi connectivity index (χ1n) is 52.0. The molecule has 2 fully saturated rings. The van der Waals surface area contributed by atoms with Gasteiger partial charge in [-0.1, -0.05) is 173 Å². The molecule has 8 aromatic rings. The Bertz CT molecular complexity index is 6160. The zero-order chi connectivity index (χ0) is 108. The number of morpholine rings is 2. The minimum absolute atomic E-state index is 0.00629. The maximum absolute atomic E-state index is 15.0. The predicted molar refractivity (Wildman–Crippen MR) is 587 cm³/mol. The molecule has 4 heterocycles. The molecular weight excluding hydrogens is 1940 g/mol. The Balaban J connectivity index is 0.000000250. The van der Waals surface area contributed by atoms with Crippen LogP contribution in [0.3, 0.4) is 0 Å². The van der Waals surface area contributed by atoms with Crippen LogP contribution >= 0.6 is 0 Å². The summed E-state index contributed by atoms with van der Waals surface area (Å²) in [4.78, 5) is 54.7. The minimum atomic E-state index is -2.48. The Hall–Kier alpha value is -11.8. The van der Waals surface area contributed by atoms with Gasteiger partial charge in [0.05, 0.1) is 106 Å². The van der Waals surface area contributed by atoms with Crippen molar-refractivity contribution < 1.29 is 95.0 Å². The largest absolute Gasteiger partial charge is 0.541 e. The number of hydrogen-bond acceptors (Lipinski definition) is 24. The van der Waals surface area contributed by atoms with Gasteiger partial charge in [0.25, 0.3) is 34.0 Å². The number of hydrogen-bond donors (Lipinski definition) is 5. The SMILES string of the molecule is [C-]#[N+]CN1C(C([N+]#[C-])N2CCO[C@@H](CCO[Si](C)(C(C)C)C(C)C)C2)Cc2c(OC)c(C)c(OC)c(O)c2C1C(Cc1cc(O)c(OC)c(C)c1OC)NC(=O)OCC1c2ccccc2-c2ccccc21.[C-]#[N+]CN1C(C([N+]#[C-])N2CCO[C@@H](CCO[Si](C)(C(C)C)C(C)C)C2)Cc2c(OC)c(C)c(OC)c(O)c2C1C(Cc1cc(O[Si](C)(C)C(C)(C)C)c(OC)c(C)c1OC)NC(=O)OCC1c2ccccc2-c2ccccc21. The summed E-state index contributed by atoms with van der Waals surface area (Å²) < 4.78 is 94.0. The van der Waals surface area contributed by atoms with Gasteiger partial charge >= 0.3 is 12.2 Å². The molecule has 5 N–H and O–H groups in total. The molecule has 10 atom stereocenters. The number of rotatable bonds is 40. The molecule has 149 heavy (non-hydrogen) atoms. The molecule has 0 radical (unpaired) electrons. The van der Waals surface area contributed by atoms with E-state index < -0.39 is 85.7 Å². The first-order valence-corrected chi connectivity index (χ1v) is 60.1. The van der Waals surface area contributed by atoms with Gasteiger partial charge in [0.1, 0.15) is 54.0 Å². The van der Waals surface area contributed by atoms with E-state index in [1.165, 1.54) is 28.4 Å². The molecule has 2 amide bonds. The molecular formula is C116H156N10O20Si3. The summed E-state index contributed by atoms with van der Waals surface area (Å²) in [5, 5.41) is 42.9. The number of phenols is 3. The molecule has 6 aliphatic rings. The van der Waals surface area contributed by atoms with Gasteiger partial charge in [0, 0.05) is 120 Å². The van der Waals surface area contributed by atoms with Crippen molar-refractivity contribution in [1.82, 2.24) is 30.2 Å². The molecule has 33 heteroatoms. The first-order chi connectivity index (χ1) is 71.1. The van der Waals surface area contributed by atoms with E-state index in [-0.39, 0.29) is 116 Å². The monoisotopic (exact) mass is 2090 g/mol. The average Bonchev–Trinajstić information content (AvgIpc) is 0.931. The number of aromatic hydroxyl groups is 3. The second-order valence-electron chi connectivity index (χ2n) is 43.1. The lowest BCUT2D eigenvalue weighted by Gasteiger charge is -2.46. The van der Waals surface area contributed by atoms with Gasteiger partial charge in [0.15, 0.2) is 56.9 Å². The van der Waals surface area contributed by atoms with Crippen LogP contribution < -0.4 is 53.0 Å². The Labute approximate surface area is 885 Å². The van der Waals surface area contributed by atoms with Crippen molar-refractivity contribution in [3.8, 4) is 91.2 Å². The molecule has 8 aromatic carbocycles. The predicted octanol–water partition coefficient (Wildman–Crippen LogP) is 22.3. The van der Waals surface area contributed by atoms with Crippen molar-refractivity contribution >= 4 is 37.1 Å². The zero-order valence-electron chi connectivity index (χ0n) is 92.2. The molecule has 30 nitrogen and oxygen atoms in total. The minimum Gasteiger partial charge on any atom is -0.541 e. The fraction of sp³-hybridized carbons (Fsp3) is 0.534. The van der Waals surface area contributed by atoms with E-state index in [2.05, 4.69) is 191 Å². The van der Waals surface area contributed by atoms with Crippen molar-refractivity contribution in [2.75, 3.05) is 136 Å². The quantitative estimate of drug-likeness (QED) is 0.0176. The van der Waals surface area contributed by atoms with Crippen LogP contribution in [-0.2, 0) is 53.5 Å². The number of benzene rings is 8. The highest BCUT2D eigenvalue weighted by Crippen LogP contribution is 2.58. The summed E-state index contributed by atoms with van der Waals surface area (Å²) in [5.74, 6) is 2.67. The molecule has 2 aliphatic carbocycles. The van der Waals surface area contributed by atoms with Crippen molar-refractivity contribution in [1.29, 1.82) is 0 Å². The second-order valence-corrected chi connectivity index (χ2v) is 57.8. The van der Waals surface area contributed by atoms with E-state index in [1.807, 2.05) is 78.2 Å². The van der Waals surface area contributed by atoms with Crippen LogP contribution in [0.2, 0.25) is 53.4 Å². The van der Waals surface area contributed by atoms with E-state index in [0.717, 1.165) is 44.5 Å². The number of fused-ring (bicyclic) bond motifs is 8. The Morgan fingerprint density at radius 3 is 1.11 bits per heavy atom. The number of nitrogens with one attached hydrogen (secondary N) is 2. The average molecular weight is 2090 g/mol. The van der Waals surface area contributed by atoms with Gasteiger partial charge in [-0.15, -0.1) is 0 Å². The molecule has 0 saturated carbocycles. The van der Waals surface area contributed by atoms with Crippen LogP contribution in [0.15, 0.2) is 109 Å². The number of carbonyl (C=O) groups is 2. The third kappa shape index (κ3) is 23.3. The standard InChI is InChI=1S/C61H85N5O10Si2.C55H71N5O10Si/c1-37(2)78(18,38(3)4)75-29-27-42-34-65(28-30-73-42)59(63-11)50-33-47-52(54(67)58(72-15)40(6)56(47)70-13)53(66(50)36-62-10)49(31-41-32-51(76-77(16,17)61(7,8)9)57(71-14)39(5)55(41)69-12)64-60(68)74-35-48-45-25-21-19-23-43(45)44-24-20-22-26-46(44)48;1-32(2)71(13,33(3)4)70-24-22-37-29-59(23-25-68-37)54(57-8)45-28-42-47(49(62)53(67-12)35(6)51(42)65-10)48(60(45)31-56-7)44(26-36-27-46(61)52(66-11)34(5)50(36)64-9)58-55(63)69-30-43-40-20-16-14-18-38(40)39-19-15-17-21-41(39)43/h19-26,32,37-38,42,48-50,53,59,67H,27-31,33-36H2,1-9,12-18H3,(H,64,68);14-21,27,32-33,37,43-45,48,54,61-62H,22-26,28-31H2,1-6,9-13H3,(H,58,63)/t42-,49?,50?,53?,59?;37-,44?,45?,48?,54?/m00/s1. The molecule has 4 aliphatic heterocycles. The highest BCUT2D eigenvalue weighted by molar-refractivity contribution is 6.76. The summed E-state index contributed by atoms with van der Waals surface area (Å²) in [6, 6.07) is 30.8. The van der Waals surface area contributed by atoms with Crippen LogP contribution in [0.5, 0.6) is 69.0 Å². The number of carbonyl (C=O) groups excluding carboxylic acids is 2. The molecule has 0 spiro atoms. The van der Waals surface area contributed by atoms with Crippen LogP contribution in [0.4, 0.5) is 9.59 Å². The second kappa shape index (κ2) is 49.1. The number of ether oxygens (including phenoxy) is 12. The van der Waals surface area contributed by atoms with Crippen LogP contribution in [-0.4, -0.2) is 257 Å². The number of phenolic OH excluding ortho intramolecular Hbond substituents is 3. The lowest BCUT2D eigenvalue weighted by molar-refractivity contribution is -0.0613. The summed E-state index contributed by atoms with van der Waals surface area (Å²) in [7, 11) is 5.79. The van der Waals surface area contributed by atoms with Gasteiger partial charge < -0.3 is 96.1 Å². The van der Waals surface area contributed by atoms with Gasteiger partial charge in [-0.05, 0) is 163 Å². The Morgan fingerprint density at radius 1 is 0.463 bits per heavy atom. The van der Waals surface area contributed by atoms with Gasteiger partial charge in [-0.2, -0.15) is 0 Å². The third-order valence-electron chi connectivity index (χ3n) is 33.0. The van der Waals surface area contributed by atoms with Crippen molar-refractivity contribution in [2.45, 2.75) is 268 Å². The summed E-state index contributed by atoms with van der Waals surface area (Å²) in [6.45, 7) is 79.2. The van der Waals surface area contributed by atoms with E-state index in [9.17, 15) is 20.1 Å². The fourth-order valence-corrected chi connectivity index (χ4v) is 29.4. The summed E-state index contributed by atoms with van der Waals surface area (Å²) in [5.41, 5.74) is 16.0. The van der Waals surface area contributed by atoms with E-state index in [4.69, 9.17) is 96.4 Å². The molecule has 0 bridgehead atoms. The van der Waals surface area contributed by atoms with E-state index in [0.29, 0.717) is 178 Å². The molecule has 2 saturated heterocycles. The lowest BCUT2D eigenvalue weighted by Crippen LogP contribution is -2.61. The van der Waals surface area contributed by atoms with E-state index in [1.54, 1.807) is 48.4 Å². The fourth-order valence-electron chi connectivity index (χ4n) is 23.3. The molecule has 802 valence electrons. The van der Waals surface area contributed by atoms with Crippen molar-refractivity contribution in [3.05, 3.63) is 233 Å². The van der Waals surface area contributed by atoms with Crippen LogP contribution in [0.25, 0.3) is 41.6 Å². The third-order valence-corrected chi connectivity index (χ3v) is 48.2. The zero-order valence-corrected chi connectivity index (χ0v) is 95.2. The highest BCUT2D eigenvalue weighted by atomic mass is 28.4. The maximum Gasteiger partial charge on any atom is 0.407 e. The van der Waals surface area contributed by atoms with Crippen molar-refractivity contribution in [3.63, 3.8) is 0 Å². The smallest absolute Gasteiger partial charge is 0.407 e. The number of methoxy groups -OCH3 is 8. The Morgan fingerprint density at radius 2 is 0.792 bits per heavy atom. The normalized spacial score (nSPS) is 18.8. The molecule has 0 aromatic heterocycles. The molecule has 8 unspecified atom stereocenters. The summed E-state index contributed by atoms with van der Waals surface area (Å²) in [6.07, 6.45) is -1.52. The molecule has 14 rings (SSSR count). The first kappa shape index (κ1) is 114.